The molecular weight excluding hydrogens is 198 g/mol. The number of furan rings is 1. The highest BCUT2D eigenvalue weighted by atomic mass is 16.5. The normalized spacial score (nSPS) is 9.80. The number of hydrogen-bond donors (Lipinski definition) is 0. The molecule has 1 amide bonds. The molecule has 0 saturated carbocycles. The average Bonchev–Trinajstić information content (AvgIpc) is 2.63. The number of aryl methyl sites for hydroxylation is 1. The first kappa shape index (κ1) is 11.3. The van der Waals surface area contributed by atoms with Crippen molar-refractivity contribution in [1.29, 1.82) is 0 Å². The van der Waals surface area contributed by atoms with E-state index in [-0.39, 0.29) is 12.5 Å². The molecule has 82 valence electrons. The summed E-state index contributed by atoms with van der Waals surface area (Å²) in [6.07, 6.45) is 1.44. The molecule has 5 nitrogen and oxygen atoms in total. The van der Waals surface area contributed by atoms with Gasteiger partial charge in [-0.3, -0.25) is 9.59 Å². The molecule has 0 fully saturated rings. The Balaban J connectivity index is 2.69. The van der Waals surface area contributed by atoms with E-state index in [2.05, 4.69) is 4.74 Å². The average molecular weight is 211 g/mol. The van der Waals surface area contributed by atoms with Gasteiger partial charge in [0.15, 0.2) is 0 Å². The Labute approximate surface area is 87.6 Å². The van der Waals surface area contributed by atoms with E-state index in [0.29, 0.717) is 11.3 Å². The molecule has 0 unspecified atom stereocenters. The number of hydrogen-bond acceptors (Lipinski definition) is 4. The van der Waals surface area contributed by atoms with E-state index in [1.807, 2.05) is 0 Å². The van der Waals surface area contributed by atoms with Gasteiger partial charge in [-0.2, -0.15) is 0 Å². The molecule has 5 heteroatoms. The molecule has 0 aromatic carbocycles. The van der Waals surface area contributed by atoms with Crippen molar-refractivity contribution < 1.29 is 18.7 Å². The number of rotatable bonds is 3. The molecule has 0 aliphatic rings. The lowest BCUT2D eigenvalue weighted by Gasteiger charge is -2.14. The first-order chi connectivity index (χ1) is 7.06. The predicted molar refractivity (Wildman–Crippen MR) is 52.4 cm³/mol. The second-order valence-corrected chi connectivity index (χ2v) is 3.13. The van der Waals surface area contributed by atoms with E-state index in [4.69, 9.17) is 4.42 Å². The standard InChI is InChI=1S/C10H13NO4/c1-7-8(4-5-15-7)10(13)11(2)6-9(12)14-3/h4-5H,6H2,1-3H3. The van der Waals surface area contributed by atoms with Gasteiger partial charge in [0.1, 0.15) is 12.3 Å². The molecule has 0 spiro atoms. The number of carbonyl (C=O) groups excluding carboxylic acids is 2. The van der Waals surface area contributed by atoms with Gasteiger partial charge in [0.05, 0.1) is 18.9 Å². The monoisotopic (exact) mass is 211 g/mol. The number of carbonyl (C=O) groups is 2. The van der Waals surface area contributed by atoms with Crippen LogP contribution in [-0.2, 0) is 9.53 Å². The van der Waals surface area contributed by atoms with Crippen molar-refractivity contribution in [3.63, 3.8) is 0 Å². The number of likely N-dealkylation sites (N-methyl/N-ethyl adjacent to an activating group) is 1. The fourth-order valence-corrected chi connectivity index (χ4v) is 1.14. The van der Waals surface area contributed by atoms with Gasteiger partial charge in [-0.05, 0) is 13.0 Å². The number of nitrogens with zero attached hydrogens (tertiary/aromatic N) is 1. The van der Waals surface area contributed by atoms with Crippen molar-refractivity contribution in [2.24, 2.45) is 0 Å². The van der Waals surface area contributed by atoms with Crippen molar-refractivity contribution in [3.05, 3.63) is 23.7 Å². The summed E-state index contributed by atoms with van der Waals surface area (Å²) in [5, 5.41) is 0. The summed E-state index contributed by atoms with van der Waals surface area (Å²) in [5.41, 5.74) is 0.460. The smallest absolute Gasteiger partial charge is 0.325 e. The second kappa shape index (κ2) is 4.63. The van der Waals surface area contributed by atoms with Gasteiger partial charge in [-0.1, -0.05) is 0 Å². The Bertz CT molecular complexity index is 369. The van der Waals surface area contributed by atoms with Crippen LogP contribution in [0.3, 0.4) is 0 Å². The third kappa shape index (κ3) is 2.59. The van der Waals surface area contributed by atoms with Gasteiger partial charge in [0, 0.05) is 7.05 Å². The molecule has 1 aromatic heterocycles. The maximum atomic E-state index is 11.7. The zero-order chi connectivity index (χ0) is 11.4. The van der Waals surface area contributed by atoms with Gasteiger partial charge in [0.2, 0.25) is 0 Å². The maximum Gasteiger partial charge on any atom is 0.325 e. The summed E-state index contributed by atoms with van der Waals surface area (Å²) in [6.45, 7) is 1.62. The fraction of sp³-hybridized carbons (Fsp3) is 0.400. The predicted octanol–water partition coefficient (Wildman–Crippen LogP) is 0.833. The minimum Gasteiger partial charge on any atom is -0.469 e. The van der Waals surface area contributed by atoms with Crippen molar-refractivity contribution in [2.45, 2.75) is 6.92 Å². The van der Waals surface area contributed by atoms with Crippen LogP contribution in [0.2, 0.25) is 0 Å². The molecule has 1 heterocycles. The molecule has 0 aliphatic heterocycles. The summed E-state index contributed by atoms with van der Waals surface area (Å²) >= 11 is 0. The molecule has 0 N–H and O–H groups in total. The highest BCUT2D eigenvalue weighted by molar-refractivity contribution is 5.96. The van der Waals surface area contributed by atoms with E-state index in [9.17, 15) is 9.59 Å². The lowest BCUT2D eigenvalue weighted by Crippen LogP contribution is -2.32. The Morgan fingerprint density at radius 2 is 2.20 bits per heavy atom. The summed E-state index contributed by atoms with van der Waals surface area (Å²) < 4.78 is 9.47. The highest BCUT2D eigenvalue weighted by Gasteiger charge is 2.18. The van der Waals surface area contributed by atoms with E-state index >= 15 is 0 Å². The van der Waals surface area contributed by atoms with E-state index < -0.39 is 5.97 Å². The highest BCUT2D eigenvalue weighted by Crippen LogP contribution is 2.10. The molecule has 1 aromatic rings. The Hall–Kier alpha value is -1.78. The van der Waals surface area contributed by atoms with Crippen LogP contribution in [0, 0.1) is 6.92 Å². The fourth-order valence-electron chi connectivity index (χ4n) is 1.14. The SMILES string of the molecule is COC(=O)CN(C)C(=O)c1ccoc1C. The van der Waals surface area contributed by atoms with Gasteiger partial charge in [-0.15, -0.1) is 0 Å². The lowest BCUT2D eigenvalue weighted by atomic mass is 10.2. The number of ether oxygens (including phenoxy) is 1. The summed E-state index contributed by atoms with van der Waals surface area (Å²) in [6, 6.07) is 1.57. The van der Waals surface area contributed by atoms with Crippen LogP contribution < -0.4 is 0 Å². The minimum atomic E-state index is -0.452. The van der Waals surface area contributed by atoms with Crippen molar-refractivity contribution in [3.8, 4) is 0 Å². The van der Waals surface area contributed by atoms with E-state index in [1.165, 1.54) is 25.3 Å². The first-order valence-electron chi connectivity index (χ1n) is 4.42. The number of esters is 1. The molecule has 0 bridgehead atoms. The summed E-state index contributed by atoms with van der Waals surface area (Å²) in [5.74, 6) is -0.171. The summed E-state index contributed by atoms with van der Waals surface area (Å²) in [7, 11) is 2.81. The first-order valence-corrected chi connectivity index (χ1v) is 4.42. The molecule has 0 atom stereocenters. The van der Waals surface area contributed by atoms with Crippen LogP contribution in [0.4, 0.5) is 0 Å². The van der Waals surface area contributed by atoms with E-state index in [0.717, 1.165) is 0 Å². The van der Waals surface area contributed by atoms with Crippen molar-refractivity contribution in [1.82, 2.24) is 4.90 Å². The Kier molecular flexibility index (Phi) is 3.49. The van der Waals surface area contributed by atoms with Crippen LogP contribution >= 0.6 is 0 Å². The molecule has 0 radical (unpaired) electrons. The molecule has 0 saturated heterocycles. The van der Waals surface area contributed by atoms with Crippen LogP contribution in [0.25, 0.3) is 0 Å². The molecule has 0 aliphatic carbocycles. The quantitative estimate of drug-likeness (QED) is 0.695. The van der Waals surface area contributed by atoms with Crippen LogP contribution in [0.5, 0.6) is 0 Å². The van der Waals surface area contributed by atoms with Gasteiger partial charge in [-0.25, -0.2) is 0 Å². The topological polar surface area (TPSA) is 59.8 Å². The lowest BCUT2D eigenvalue weighted by molar-refractivity contribution is -0.141. The van der Waals surface area contributed by atoms with Crippen molar-refractivity contribution in [2.75, 3.05) is 20.7 Å². The molecule has 1 rings (SSSR count). The second-order valence-electron chi connectivity index (χ2n) is 3.13. The zero-order valence-electron chi connectivity index (χ0n) is 8.94. The number of amides is 1. The van der Waals surface area contributed by atoms with Gasteiger partial charge in [0.25, 0.3) is 5.91 Å². The van der Waals surface area contributed by atoms with Crippen LogP contribution in [0.15, 0.2) is 16.7 Å². The van der Waals surface area contributed by atoms with Gasteiger partial charge < -0.3 is 14.1 Å². The molecular formula is C10H13NO4. The third-order valence-corrected chi connectivity index (χ3v) is 2.03. The molecule has 15 heavy (non-hydrogen) atoms. The van der Waals surface area contributed by atoms with Gasteiger partial charge >= 0.3 is 5.97 Å². The minimum absolute atomic E-state index is 0.0695. The van der Waals surface area contributed by atoms with Crippen molar-refractivity contribution >= 4 is 11.9 Å². The van der Waals surface area contributed by atoms with E-state index in [1.54, 1.807) is 13.0 Å². The Morgan fingerprint density at radius 3 is 2.67 bits per heavy atom. The van der Waals surface area contributed by atoms with Crippen LogP contribution in [-0.4, -0.2) is 37.5 Å². The third-order valence-electron chi connectivity index (χ3n) is 2.03. The number of methoxy groups -OCH3 is 1. The zero-order valence-corrected chi connectivity index (χ0v) is 8.94. The summed E-state index contributed by atoms with van der Waals surface area (Å²) in [4.78, 5) is 24.0. The maximum absolute atomic E-state index is 11.7. The largest absolute Gasteiger partial charge is 0.469 e. The Morgan fingerprint density at radius 1 is 1.53 bits per heavy atom. The van der Waals surface area contributed by atoms with Crippen LogP contribution in [0.1, 0.15) is 16.1 Å².